The molecule has 0 bridgehead atoms. The first-order valence-corrected chi connectivity index (χ1v) is 7.02. The number of hydrogen-bond acceptors (Lipinski definition) is 4. The first-order valence-electron chi connectivity index (χ1n) is 7.02. The van der Waals surface area contributed by atoms with E-state index in [1.54, 1.807) is 0 Å². The van der Waals surface area contributed by atoms with Crippen LogP contribution < -0.4 is 5.73 Å². The molecule has 6 heteroatoms. The second-order valence-electron chi connectivity index (χ2n) is 5.69. The van der Waals surface area contributed by atoms with Crippen LogP contribution in [0.2, 0.25) is 0 Å². The van der Waals surface area contributed by atoms with Crippen molar-refractivity contribution in [1.82, 2.24) is 4.90 Å². The van der Waals surface area contributed by atoms with E-state index in [-0.39, 0.29) is 18.3 Å². The van der Waals surface area contributed by atoms with Gasteiger partial charge in [-0.05, 0) is 31.6 Å². The van der Waals surface area contributed by atoms with Gasteiger partial charge in [-0.15, -0.1) is 0 Å². The Morgan fingerprint density at radius 2 is 1.89 bits per heavy atom. The summed E-state index contributed by atoms with van der Waals surface area (Å²) in [4.78, 5) is 14.5. The number of likely N-dealkylation sites (tertiary alicyclic amines) is 1. The maximum atomic E-state index is 12.7. The molecule has 6 nitrogen and oxygen atoms in total. The minimum atomic E-state index is -0.791. The van der Waals surface area contributed by atoms with Gasteiger partial charge in [-0.2, -0.15) is 0 Å². The van der Waals surface area contributed by atoms with Crippen molar-refractivity contribution in [3.05, 3.63) is 0 Å². The van der Waals surface area contributed by atoms with Gasteiger partial charge in [-0.25, -0.2) is 0 Å². The number of rotatable bonds is 3. The molecule has 2 fully saturated rings. The summed E-state index contributed by atoms with van der Waals surface area (Å²) in [5, 5.41) is 21.2. The zero-order chi connectivity index (χ0) is 13.9. The van der Waals surface area contributed by atoms with E-state index in [0.717, 1.165) is 25.7 Å². The topological polar surface area (TPSA) is 99.2 Å². The summed E-state index contributed by atoms with van der Waals surface area (Å²) >= 11 is 0. The van der Waals surface area contributed by atoms with Crippen LogP contribution in [0, 0.1) is 11.3 Å². The SMILES string of the molecule is NC(=NO)C1(C(=O)N2CCC(CO)CC2)CCCC1. The average Bonchev–Trinajstić information content (AvgIpc) is 2.96. The number of aliphatic hydroxyl groups is 1. The number of carbonyl (C=O) groups is 1. The number of oxime groups is 1. The van der Waals surface area contributed by atoms with E-state index in [9.17, 15) is 4.79 Å². The van der Waals surface area contributed by atoms with E-state index in [2.05, 4.69) is 5.16 Å². The predicted octanol–water partition coefficient (Wildman–Crippen LogP) is 0.524. The Labute approximate surface area is 113 Å². The van der Waals surface area contributed by atoms with Crippen LogP contribution in [-0.2, 0) is 4.79 Å². The Kier molecular flexibility index (Phi) is 4.29. The summed E-state index contributed by atoms with van der Waals surface area (Å²) in [6.45, 7) is 1.50. The van der Waals surface area contributed by atoms with Crippen molar-refractivity contribution in [1.29, 1.82) is 0 Å². The Morgan fingerprint density at radius 3 is 2.37 bits per heavy atom. The maximum absolute atomic E-state index is 12.7. The van der Waals surface area contributed by atoms with Crippen LogP contribution in [0.1, 0.15) is 38.5 Å². The zero-order valence-electron chi connectivity index (χ0n) is 11.2. The monoisotopic (exact) mass is 269 g/mol. The van der Waals surface area contributed by atoms with Crippen LogP contribution in [0.15, 0.2) is 5.16 Å². The van der Waals surface area contributed by atoms with Gasteiger partial charge in [0, 0.05) is 19.7 Å². The second kappa shape index (κ2) is 5.77. The Bertz CT molecular complexity index is 356. The molecule has 19 heavy (non-hydrogen) atoms. The molecule has 0 spiro atoms. The van der Waals surface area contributed by atoms with Crippen LogP contribution in [0.25, 0.3) is 0 Å². The molecule has 1 aliphatic carbocycles. The lowest BCUT2D eigenvalue weighted by molar-refractivity contribution is -0.140. The highest BCUT2D eigenvalue weighted by atomic mass is 16.4. The molecule has 1 saturated carbocycles. The first kappa shape index (κ1) is 14.1. The fourth-order valence-electron chi connectivity index (χ4n) is 3.28. The van der Waals surface area contributed by atoms with Crippen molar-refractivity contribution in [2.24, 2.45) is 22.2 Å². The number of nitrogens with zero attached hydrogens (tertiary/aromatic N) is 2. The lowest BCUT2D eigenvalue weighted by Crippen LogP contribution is -2.52. The third-order valence-electron chi connectivity index (χ3n) is 4.62. The van der Waals surface area contributed by atoms with Crippen molar-refractivity contribution in [2.75, 3.05) is 19.7 Å². The highest BCUT2D eigenvalue weighted by Crippen LogP contribution is 2.40. The van der Waals surface area contributed by atoms with Gasteiger partial charge in [0.2, 0.25) is 5.91 Å². The van der Waals surface area contributed by atoms with Gasteiger partial charge in [-0.3, -0.25) is 4.79 Å². The molecule has 2 aliphatic rings. The number of piperidine rings is 1. The quantitative estimate of drug-likeness (QED) is 0.301. The molecular formula is C13H23N3O3. The second-order valence-corrected chi connectivity index (χ2v) is 5.69. The fraction of sp³-hybridized carbons (Fsp3) is 0.846. The van der Waals surface area contributed by atoms with E-state index in [1.165, 1.54) is 0 Å². The third-order valence-corrected chi connectivity index (χ3v) is 4.62. The molecule has 0 aromatic rings. The van der Waals surface area contributed by atoms with Gasteiger partial charge < -0.3 is 20.9 Å². The molecule has 0 aromatic heterocycles. The minimum Gasteiger partial charge on any atom is -0.409 e. The predicted molar refractivity (Wildman–Crippen MR) is 70.7 cm³/mol. The van der Waals surface area contributed by atoms with E-state index in [0.29, 0.717) is 31.8 Å². The van der Waals surface area contributed by atoms with Gasteiger partial charge in [0.15, 0.2) is 5.84 Å². The highest BCUT2D eigenvalue weighted by Gasteiger charge is 2.47. The third kappa shape index (κ3) is 2.54. The first-order chi connectivity index (χ1) is 9.14. The molecule has 1 amide bonds. The zero-order valence-corrected chi connectivity index (χ0v) is 11.2. The van der Waals surface area contributed by atoms with Crippen LogP contribution in [0.5, 0.6) is 0 Å². The van der Waals surface area contributed by atoms with Crippen molar-refractivity contribution in [2.45, 2.75) is 38.5 Å². The highest BCUT2D eigenvalue weighted by molar-refractivity contribution is 6.07. The van der Waals surface area contributed by atoms with Crippen molar-refractivity contribution >= 4 is 11.7 Å². The normalized spacial score (nSPS) is 24.7. The molecule has 4 N–H and O–H groups in total. The number of aliphatic hydroxyl groups excluding tert-OH is 1. The van der Waals surface area contributed by atoms with Gasteiger partial charge in [0.05, 0.1) is 0 Å². The Hall–Kier alpha value is -1.30. The molecule has 0 atom stereocenters. The maximum Gasteiger partial charge on any atom is 0.236 e. The largest absolute Gasteiger partial charge is 0.409 e. The molecule has 2 rings (SSSR count). The van der Waals surface area contributed by atoms with Crippen molar-refractivity contribution in [3.8, 4) is 0 Å². The van der Waals surface area contributed by atoms with Crippen LogP contribution in [-0.4, -0.2) is 46.7 Å². The summed E-state index contributed by atoms with van der Waals surface area (Å²) in [7, 11) is 0. The van der Waals surface area contributed by atoms with Gasteiger partial charge in [-0.1, -0.05) is 18.0 Å². The lowest BCUT2D eigenvalue weighted by Gasteiger charge is -2.37. The standard InChI is InChI=1S/C13H23N3O3/c14-11(15-19)13(5-1-2-6-13)12(18)16-7-3-10(9-17)4-8-16/h10,17,19H,1-9H2,(H2,14,15). The number of hydrogen-bond donors (Lipinski definition) is 3. The molecule has 108 valence electrons. The number of amides is 1. The molecule has 0 unspecified atom stereocenters. The summed E-state index contributed by atoms with van der Waals surface area (Å²) in [6.07, 6.45) is 4.87. The van der Waals surface area contributed by atoms with Crippen LogP contribution in [0.4, 0.5) is 0 Å². The van der Waals surface area contributed by atoms with Crippen LogP contribution >= 0.6 is 0 Å². The number of carbonyl (C=O) groups excluding carboxylic acids is 1. The minimum absolute atomic E-state index is 0.00307. The van der Waals surface area contributed by atoms with E-state index in [1.807, 2.05) is 4.90 Å². The van der Waals surface area contributed by atoms with Crippen molar-refractivity contribution < 1.29 is 15.1 Å². The van der Waals surface area contributed by atoms with Crippen molar-refractivity contribution in [3.63, 3.8) is 0 Å². The molecular weight excluding hydrogens is 246 g/mol. The summed E-state index contributed by atoms with van der Waals surface area (Å²) in [6, 6.07) is 0. The number of nitrogens with two attached hydrogens (primary N) is 1. The van der Waals surface area contributed by atoms with E-state index in [4.69, 9.17) is 16.0 Å². The summed E-state index contributed by atoms with van der Waals surface area (Å²) in [5.41, 5.74) is 5.00. The van der Waals surface area contributed by atoms with Gasteiger partial charge >= 0.3 is 0 Å². The molecule has 1 heterocycles. The molecule has 0 aromatic carbocycles. The smallest absolute Gasteiger partial charge is 0.236 e. The Morgan fingerprint density at radius 1 is 1.32 bits per heavy atom. The number of amidine groups is 1. The van der Waals surface area contributed by atoms with E-state index >= 15 is 0 Å². The Balaban J connectivity index is 2.09. The fourth-order valence-corrected chi connectivity index (χ4v) is 3.28. The summed E-state index contributed by atoms with van der Waals surface area (Å²) < 4.78 is 0. The molecule has 1 aliphatic heterocycles. The van der Waals surface area contributed by atoms with Gasteiger partial charge in [0.25, 0.3) is 0 Å². The van der Waals surface area contributed by atoms with E-state index < -0.39 is 5.41 Å². The van der Waals surface area contributed by atoms with Gasteiger partial charge in [0.1, 0.15) is 5.41 Å². The molecule has 0 radical (unpaired) electrons. The summed E-state index contributed by atoms with van der Waals surface area (Å²) in [5.74, 6) is 0.350. The molecule has 1 saturated heterocycles. The average molecular weight is 269 g/mol. The lowest BCUT2D eigenvalue weighted by atomic mass is 9.82. The van der Waals surface area contributed by atoms with Crippen LogP contribution in [0.3, 0.4) is 0 Å².